The lowest BCUT2D eigenvalue weighted by Crippen LogP contribution is -2.40. The van der Waals surface area contributed by atoms with Crippen molar-refractivity contribution < 1.29 is 18.0 Å². The van der Waals surface area contributed by atoms with Crippen LogP contribution in [-0.4, -0.2) is 41.9 Å². The van der Waals surface area contributed by atoms with Gasteiger partial charge < -0.3 is 9.47 Å². The van der Waals surface area contributed by atoms with Crippen molar-refractivity contribution in [3.63, 3.8) is 0 Å². The van der Waals surface area contributed by atoms with Crippen LogP contribution in [0.2, 0.25) is 0 Å². The summed E-state index contributed by atoms with van der Waals surface area (Å²) in [5, 5.41) is 11.0. The van der Waals surface area contributed by atoms with Crippen LogP contribution in [-0.2, 0) is 25.8 Å². The van der Waals surface area contributed by atoms with E-state index in [2.05, 4.69) is 15.3 Å². The van der Waals surface area contributed by atoms with E-state index in [4.69, 9.17) is 0 Å². The number of carbonyl (C=O) groups is 1. The molecule has 2 aromatic heterocycles. The van der Waals surface area contributed by atoms with Crippen LogP contribution < -0.4 is 0 Å². The van der Waals surface area contributed by atoms with Crippen LogP contribution in [0.5, 0.6) is 0 Å². The van der Waals surface area contributed by atoms with Gasteiger partial charge in [-0.1, -0.05) is 0 Å². The third-order valence-corrected chi connectivity index (χ3v) is 3.71. The van der Waals surface area contributed by atoms with Crippen molar-refractivity contribution in [2.75, 3.05) is 6.54 Å². The second-order valence-electron chi connectivity index (χ2n) is 5.30. The monoisotopic (exact) mass is 328 g/mol. The van der Waals surface area contributed by atoms with Crippen molar-refractivity contribution in [1.29, 1.82) is 0 Å². The fraction of sp³-hybridized carbons (Fsp3) is 0.538. The molecule has 1 aliphatic rings. The highest BCUT2D eigenvalue weighted by Gasteiger charge is 2.40. The molecular weight excluding hydrogens is 313 g/mol. The first-order valence-electron chi connectivity index (χ1n) is 7.14. The summed E-state index contributed by atoms with van der Waals surface area (Å²) in [6.07, 6.45) is -4.55. The summed E-state index contributed by atoms with van der Waals surface area (Å²) in [5.74, 6) is -1.15. The molecule has 124 valence electrons. The number of aryl methyl sites for hydroxylation is 2. The normalized spacial score (nSPS) is 14.9. The third kappa shape index (κ3) is 2.68. The summed E-state index contributed by atoms with van der Waals surface area (Å²) in [5.41, 5.74) is 1.14. The minimum atomic E-state index is -4.55. The van der Waals surface area contributed by atoms with Crippen molar-refractivity contribution in [3.8, 4) is 0 Å². The summed E-state index contributed by atoms with van der Waals surface area (Å²) >= 11 is 0. The van der Waals surface area contributed by atoms with Crippen molar-refractivity contribution in [2.24, 2.45) is 0 Å². The van der Waals surface area contributed by atoms with Gasteiger partial charge in [-0.05, 0) is 19.9 Å². The number of hydrogen-bond donors (Lipinski definition) is 0. The predicted molar refractivity (Wildman–Crippen MR) is 72.4 cm³/mol. The maximum Gasteiger partial charge on any atom is 0.451 e. The van der Waals surface area contributed by atoms with Gasteiger partial charge in [-0.3, -0.25) is 9.48 Å². The molecule has 0 N–H and O–H groups in total. The standard InChI is InChI=1S/C13H15F3N6O/c1-3-22-9(6-8(2)19-22)11(23)20-4-5-21-10(7-20)17-18-12(21)13(14,15)16/h6H,3-5,7H2,1-2H3. The van der Waals surface area contributed by atoms with Gasteiger partial charge >= 0.3 is 6.18 Å². The quantitative estimate of drug-likeness (QED) is 0.837. The van der Waals surface area contributed by atoms with Crippen LogP contribution in [0.15, 0.2) is 6.07 Å². The molecule has 0 radical (unpaired) electrons. The summed E-state index contributed by atoms with van der Waals surface area (Å²) < 4.78 is 41.0. The Morgan fingerprint density at radius 2 is 2.04 bits per heavy atom. The van der Waals surface area contributed by atoms with Gasteiger partial charge in [-0.25, -0.2) is 0 Å². The largest absolute Gasteiger partial charge is 0.451 e. The van der Waals surface area contributed by atoms with Gasteiger partial charge in [0.25, 0.3) is 5.91 Å². The van der Waals surface area contributed by atoms with Crippen LogP contribution in [0.4, 0.5) is 13.2 Å². The zero-order valence-electron chi connectivity index (χ0n) is 12.6. The first-order valence-corrected chi connectivity index (χ1v) is 7.14. The van der Waals surface area contributed by atoms with Crippen LogP contribution in [0, 0.1) is 6.92 Å². The number of fused-ring (bicyclic) bond motifs is 1. The van der Waals surface area contributed by atoms with E-state index in [-0.39, 0.29) is 31.4 Å². The Labute approximate surface area is 129 Å². The van der Waals surface area contributed by atoms with E-state index in [0.717, 1.165) is 10.3 Å². The maximum absolute atomic E-state index is 12.8. The van der Waals surface area contributed by atoms with Gasteiger partial charge in [0.1, 0.15) is 5.69 Å². The molecule has 0 spiro atoms. The Kier molecular flexibility index (Phi) is 3.61. The second-order valence-corrected chi connectivity index (χ2v) is 5.30. The molecule has 0 aliphatic carbocycles. The lowest BCUT2D eigenvalue weighted by molar-refractivity contribution is -0.147. The number of carbonyl (C=O) groups excluding carboxylic acids is 1. The third-order valence-electron chi connectivity index (χ3n) is 3.71. The molecule has 1 amide bonds. The molecule has 0 atom stereocenters. The average molecular weight is 328 g/mol. The summed E-state index contributed by atoms with van der Waals surface area (Å²) in [7, 11) is 0. The Balaban J connectivity index is 1.85. The highest BCUT2D eigenvalue weighted by atomic mass is 19.4. The number of rotatable bonds is 2. The topological polar surface area (TPSA) is 68.8 Å². The summed E-state index contributed by atoms with van der Waals surface area (Å²) in [6.45, 7) is 4.37. The number of aromatic nitrogens is 5. The van der Waals surface area contributed by atoms with Gasteiger partial charge in [-0.2, -0.15) is 18.3 Å². The van der Waals surface area contributed by atoms with Gasteiger partial charge in [-0.15, -0.1) is 10.2 Å². The number of amides is 1. The van der Waals surface area contributed by atoms with Gasteiger partial charge in [0, 0.05) is 19.6 Å². The molecule has 23 heavy (non-hydrogen) atoms. The van der Waals surface area contributed by atoms with Crippen LogP contribution >= 0.6 is 0 Å². The molecular formula is C13H15F3N6O. The molecule has 10 heteroatoms. The van der Waals surface area contributed by atoms with Crippen LogP contribution in [0.1, 0.15) is 34.8 Å². The predicted octanol–water partition coefficient (Wildman–Crippen LogP) is 1.48. The zero-order valence-corrected chi connectivity index (χ0v) is 12.6. The molecule has 0 fully saturated rings. The van der Waals surface area contributed by atoms with Crippen molar-refractivity contribution in [2.45, 2.75) is 39.7 Å². The minimum Gasteiger partial charge on any atom is -0.328 e. The SMILES string of the molecule is CCn1nc(C)cc1C(=O)N1CCn2c(nnc2C(F)(F)F)C1. The smallest absolute Gasteiger partial charge is 0.328 e. The lowest BCUT2D eigenvalue weighted by Gasteiger charge is -2.28. The van der Waals surface area contributed by atoms with Crippen molar-refractivity contribution >= 4 is 5.91 Å². The van der Waals surface area contributed by atoms with E-state index in [0.29, 0.717) is 12.2 Å². The number of alkyl halides is 3. The molecule has 0 unspecified atom stereocenters. The maximum atomic E-state index is 12.8. The van der Waals surface area contributed by atoms with Gasteiger partial charge in [0.2, 0.25) is 5.82 Å². The average Bonchev–Trinajstić information content (AvgIpc) is 3.08. The van der Waals surface area contributed by atoms with E-state index in [1.54, 1.807) is 17.7 Å². The summed E-state index contributed by atoms with van der Waals surface area (Å²) in [4.78, 5) is 14.1. The minimum absolute atomic E-state index is 0.00411. The number of halogens is 3. The van der Waals surface area contributed by atoms with E-state index >= 15 is 0 Å². The fourth-order valence-corrected chi connectivity index (χ4v) is 2.66. The van der Waals surface area contributed by atoms with Crippen molar-refractivity contribution in [3.05, 3.63) is 29.1 Å². The Bertz CT molecular complexity index is 747. The molecule has 3 heterocycles. The Morgan fingerprint density at radius 1 is 1.30 bits per heavy atom. The van der Waals surface area contributed by atoms with E-state index < -0.39 is 12.0 Å². The highest BCUT2D eigenvalue weighted by Crippen LogP contribution is 2.29. The van der Waals surface area contributed by atoms with Gasteiger partial charge in [0.15, 0.2) is 5.82 Å². The molecule has 2 aromatic rings. The van der Waals surface area contributed by atoms with E-state index in [1.807, 2.05) is 6.92 Å². The molecule has 0 saturated carbocycles. The zero-order chi connectivity index (χ0) is 16.8. The first-order chi connectivity index (χ1) is 10.8. The Hall–Kier alpha value is -2.39. The Morgan fingerprint density at radius 3 is 2.70 bits per heavy atom. The van der Waals surface area contributed by atoms with Crippen LogP contribution in [0.25, 0.3) is 0 Å². The van der Waals surface area contributed by atoms with Crippen molar-refractivity contribution in [1.82, 2.24) is 29.4 Å². The lowest BCUT2D eigenvalue weighted by atomic mass is 10.2. The van der Waals surface area contributed by atoms with Crippen LogP contribution in [0.3, 0.4) is 0 Å². The van der Waals surface area contributed by atoms with E-state index in [1.165, 1.54) is 4.90 Å². The molecule has 0 bridgehead atoms. The summed E-state index contributed by atoms with van der Waals surface area (Å²) in [6, 6.07) is 1.67. The highest BCUT2D eigenvalue weighted by molar-refractivity contribution is 5.92. The number of hydrogen-bond acceptors (Lipinski definition) is 4. The molecule has 1 aliphatic heterocycles. The fourth-order valence-electron chi connectivity index (χ4n) is 2.66. The second kappa shape index (κ2) is 5.36. The molecule has 0 saturated heterocycles. The molecule has 0 aromatic carbocycles. The first kappa shape index (κ1) is 15.5. The molecule has 3 rings (SSSR count). The van der Waals surface area contributed by atoms with E-state index in [9.17, 15) is 18.0 Å². The molecule has 7 nitrogen and oxygen atoms in total. The number of nitrogens with zero attached hydrogens (tertiary/aromatic N) is 6. The van der Waals surface area contributed by atoms with Gasteiger partial charge in [0.05, 0.1) is 12.2 Å².